The van der Waals surface area contributed by atoms with E-state index in [-0.39, 0.29) is 37.5 Å². The van der Waals surface area contributed by atoms with Crippen LogP contribution in [0.4, 0.5) is 9.59 Å². The highest BCUT2D eigenvalue weighted by atomic mass is 35.5. The van der Waals surface area contributed by atoms with E-state index >= 15 is 0 Å². The standard InChI is InChI=1S/C24H29ClN4O7/c1-4-36-22(31)20-17(13-35-12-10-27-24(33)29-11-9-26-23(29)32)28-14(2)18(21(30)34-3)19(20)15-7-5-6-8-16(15)25/h5-8,19,28H,4,9-13H2,1-3H3,(H,26,32)(H,27,33). The molecule has 1 aromatic rings. The summed E-state index contributed by atoms with van der Waals surface area (Å²) in [6.45, 7) is 4.40. The molecular weight excluding hydrogens is 492 g/mol. The molecule has 1 atom stereocenters. The Kier molecular flexibility index (Phi) is 9.31. The van der Waals surface area contributed by atoms with E-state index in [1.54, 1.807) is 38.1 Å². The largest absolute Gasteiger partial charge is 0.466 e. The zero-order valence-electron chi connectivity index (χ0n) is 20.3. The molecule has 11 nitrogen and oxygen atoms in total. The Balaban J connectivity index is 1.83. The summed E-state index contributed by atoms with van der Waals surface area (Å²) >= 11 is 6.48. The molecule has 12 heteroatoms. The minimum Gasteiger partial charge on any atom is -0.466 e. The van der Waals surface area contributed by atoms with E-state index in [0.29, 0.717) is 35.1 Å². The number of esters is 2. The quantitative estimate of drug-likeness (QED) is 0.332. The van der Waals surface area contributed by atoms with Gasteiger partial charge in [-0.15, -0.1) is 0 Å². The minimum atomic E-state index is -0.849. The highest BCUT2D eigenvalue weighted by molar-refractivity contribution is 6.31. The number of carbonyl (C=O) groups is 4. The Morgan fingerprint density at radius 2 is 1.94 bits per heavy atom. The van der Waals surface area contributed by atoms with Crippen molar-refractivity contribution in [2.75, 3.05) is 46.6 Å². The molecule has 1 unspecified atom stereocenters. The lowest BCUT2D eigenvalue weighted by Crippen LogP contribution is -2.43. The first-order valence-corrected chi connectivity index (χ1v) is 11.8. The van der Waals surface area contributed by atoms with Gasteiger partial charge in [0.25, 0.3) is 0 Å². The number of carbonyl (C=O) groups excluding carboxylic acids is 4. The van der Waals surface area contributed by atoms with Gasteiger partial charge in [0.2, 0.25) is 0 Å². The number of nitrogens with one attached hydrogen (secondary N) is 3. The molecule has 3 N–H and O–H groups in total. The molecule has 2 aliphatic rings. The molecule has 1 aromatic carbocycles. The van der Waals surface area contributed by atoms with Gasteiger partial charge in [0.05, 0.1) is 49.7 Å². The van der Waals surface area contributed by atoms with Crippen molar-refractivity contribution in [3.63, 3.8) is 0 Å². The van der Waals surface area contributed by atoms with E-state index in [1.165, 1.54) is 7.11 Å². The first-order valence-electron chi connectivity index (χ1n) is 11.4. The maximum atomic E-state index is 13.1. The molecule has 1 fully saturated rings. The van der Waals surface area contributed by atoms with E-state index in [2.05, 4.69) is 16.0 Å². The molecular formula is C24H29ClN4O7. The van der Waals surface area contributed by atoms with Gasteiger partial charge in [0, 0.05) is 30.4 Å². The molecule has 194 valence electrons. The predicted molar refractivity (Wildman–Crippen MR) is 130 cm³/mol. The van der Waals surface area contributed by atoms with Crippen molar-refractivity contribution in [3.8, 4) is 0 Å². The van der Waals surface area contributed by atoms with Crippen LogP contribution in [-0.2, 0) is 23.8 Å². The maximum absolute atomic E-state index is 13.1. The first kappa shape index (κ1) is 27.0. The number of rotatable bonds is 9. The minimum absolute atomic E-state index is 0.0407. The summed E-state index contributed by atoms with van der Waals surface area (Å²) in [5.74, 6) is -2.09. The van der Waals surface area contributed by atoms with Crippen molar-refractivity contribution in [2.24, 2.45) is 0 Å². The topological polar surface area (TPSA) is 135 Å². The molecule has 2 heterocycles. The number of urea groups is 2. The Morgan fingerprint density at radius 1 is 1.19 bits per heavy atom. The Bertz CT molecular complexity index is 1100. The summed E-state index contributed by atoms with van der Waals surface area (Å²) in [7, 11) is 1.26. The summed E-state index contributed by atoms with van der Waals surface area (Å²) in [5.41, 5.74) is 1.82. The van der Waals surface area contributed by atoms with Gasteiger partial charge < -0.3 is 30.2 Å². The molecule has 0 aliphatic carbocycles. The van der Waals surface area contributed by atoms with Gasteiger partial charge in [-0.2, -0.15) is 0 Å². The third-order valence-corrected chi connectivity index (χ3v) is 5.98. The fourth-order valence-corrected chi connectivity index (χ4v) is 4.27. The summed E-state index contributed by atoms with van der Waals surface area (Å²) < 4.78 is 16.0. The predicted octanol–water partition coefficient (Wildman–Crippen LogP) is 2.04. The van der Waals surface area contributed by atoms with Crippen molar-refractivity contribution >= 4 is 35.6 Å². The number of ether oxygens (including phenoxy) is 3. The molecule has 0 spiro atoms. The number of halogens is 1. The average Bonchev–Trinajstić information content (AvgIpc) is 3.29. The zero-order valence-corrected chi connectivity index (χ0v) is 21.1. The second-order valence-electron chi connectivity index (χ2n) is 7.89. The number of dihydropyridines is 1. The molecule has 0 radical (unpaired) electrons. The van der Waals surface area contributed by atoms with Crippen LogP contribution in [0.5, 0.6) is 0 Å². The normalized spacial score (nSPS) is 17.5. The van der Waals surface area contributed by atoms with Gasteiger partial charge in [-0.25, -0.2) is 24.1 Å². The summed E-state index contributed by atoms with van der Waals surface area (Å²) in [4.78, 5) is 50.6. The van der Waals surface area contributed by atoms with Crippen LogP contribution in [0.1, 0.15) is 25.3 Å². The van der Waals surface area contributed by atoms with Crippen molar-refractivity contribution in [1.82, 2.24) is 20.9 Å². The third-order valence-electron chi connectivity index (χ3n) is 5.63. The average molecular weight is 521 g/mol. The van der Waals surface area contributed by atoms with Crippen LogP contribution >= 0.6 is 11.6 Å². The molecule has 0 bridgehead atoms. The highest BCUT2D eigenvalue weighted by Gasteiger charge is 2.39. The number of amides is 4. The lowest BCUT2D eigenvalue weighted by Gasteiger charge is -2.31. The first-order chi connectivity index (χ1) is 17.3. The Labute approximate surface area is 213 Å². The number of hydrogen-bond donors (Lipinski definition) is 3. The van der Waals surface area contributed by atoms with Crippen molar-refractivity contribution < 1.29 is 33.4 Å². The fourth-order valence-electron chi connectivity index (χ4n) is 4.03. The second kappa shape index (κ2) is 12.4. The van der Waals surface area contributed by atoms with E-state index in [9.17, 15) is 19.2 Å². The van der Waals surface area contributed by atoms with Gasteiger partial charge in [-0.1, -0.05) is 29.8 Å². The smallest absolute Gasteiger partial charge is 0.336 e. The number of imide groups is 1. The molecule has 0 aromatic heterocycles. The van der Waals surface area contributed by atoms with E-state index in [4.69, 9.17) is 25.8 Å². The molecule has 36 heavy (non-hydrogen) atoms. The molecule has 2 aliphatic heterocycles. The Morgan fingerprint density at radius 3 is 2.58 bits per heavy atom. The van der Waals surface area contributed by atoms with Gasteiger partial charge >= 0.3 is 24.0 Å². The van der Waals surface area contributed by atoms with Crippen LogP contribution in [0.15, 0.2) is 46.8 Å². The maximum Gasteiger partial charge on any atom is 0.336 e. The SMILES string of the molecule is CCOC(=O)C1=C(COCCNC(=O)N2CCNC2=O)NC(C)=C(C(=O)OC)C1c1ccccc1Cl. The van der Waals surface area contributed by atoms with Crippen LogP contribution in [0.2, 0.25) is 5.02 Å². The molecule has 1 saturated heterocycles. The molecule has 0 saturated carbocycles. The lowest BCUT2D eigenvalue weighted by atomic mass is 9.80. The third kappa shape index (κ3) is 5.97. The fraction of sp³-hybridized carbons (Fsp3) is 0.417. The second-order valence-corrected chi connectivity index (χ2v) is 8.30. The number of nitrogens with zero attached hydrogens (tertiary/aromatic N) is 1. The van der Waals surface area contributed by atoms with Gasteiger partial charge in [0.1, 0.15) is 0 Å². The van der Waals surface area contributed by atoms with Crippen LogP contribution in [-0.4, -0.2) is 75.5 Å². The van der Waals surface area contributed by atoms with Crippen molar-refractivity contribution in [2.45, 2.75) is 19.8 Å². The van der Waals surface area contributed by atoms with Crippen LogP contribution in [0.3, 0.4) is 0 Å². The van der Waals surface area contributed by atoms with Crippen molar-refractivity contribution in [3.05, 3.63) is 57.4 Å². The highest BCUT2D eigenvalue weighted by Crippen LogP contribution is 2.41. The monoisotopic (exact) mass is 520 g/mol. The summed E-state index contributed by atoms with van der Waals surface area (Å²) in [5, 5.41) is 8.62. The summed E-state index contributed by atoms with van der Waals surface area (Å²) in [6.07, 6.45) is 0. The summed E-state index contributed by atoms with van der Waals surface area (Å²) in [6, 6.07) is 5.95. The van der Waals surface area contributed by atoms with Crippen LogP contribution in [0, 0.1) is 0 Å². The zero-order chi connectivity index (χ0) is 26.2. The number of allylic oxidation sites excluding steroid dienone is 1. The van der Waals surface area contributed by atoms with Crippen LogP contribution < -0.4 is 16.0 Å². The van der Waals surface area contributed by atoms with E-state index in [0.717, 1.165) is 4.90 Å². The van der Waals surface area contributed by atoms with E-state index < -0.39 is 29.9 Å². The molecule has 4 amide bonds. The lowest BCUT2D eigenvalue weighted by molar-refractivity contribution is -0.139. The van der Waals surface area contributed by atoms with E-state index in [1.807, 2.05) is 0 Å². The van der Waals surface area contributed by atoms with Gasteiger partial charge in [-0.05, 0) is 25.5 Å². The van der Waals surface area contributed by atoms with Crippen molar-refractivity contribution in [1.29, 1.82) is 0 Å². The number of benzene rings is 1. The molecule has 3 rings (SSSR count). The van der Waals surface area contributed by atoms with Gasteiger partial charge in [0.15, 0.2) is 0 Å². The Hall–Kier alpha value is -3.57. The number of methoxy groups -OCH3 is 1. The van der Waals surface area contributed by atoms with Crippen LogP contribution in [0.25, 0.3) is 0 Å². The number of hydrogen-bond acceptors (Lipinski definition) is 8. The van der Waals surface area contributed by atoms with Gasteiger partial charge in [-0.3, -0.25) is 0 Å².